The smallest absolute Gasteiger partial charge is 0.283 e. The number of nitro groups is 1. The molecule has 0 spiro atoms. The number of aliphatic hydroxyl groups excluding tert-OH is 1. The Morgan fingerprint density at radius 1 is 1.29 bits per heavy atom. The maximum atomic E-state index is 11.2. The van der Waals surface area contributed by atoms with Crippen molar-refractivity contribution in [3.05, 3.63) is 69.3 Å². The molecule has 0 heterocycles. The first-order valence-electron chi connectivity index (χ1n) is 6.62. The lowest BCUT2D eigenvalue weighted by molar-refractivity contribution is -0.387. The lowest BCUT2D eigenvalue weighted by Crippen LogP contribution is -1.96. The second-order valence-electron chi connectivity index (χ2n) is 4.88. The number of aryl methyl sites for hydroxylation is 1. The molecule has 1 N–H and O–H groups in total. The van der Waals surface area contributed by atoms with Crippen LogP contribution in [-0.2, 0) is 5.75 Å². The van der Waals surface area contributed by atoms with Crippen LogP contribution in [0.4, 0.5) is 5.69 Å². The summed E-state index contributed by atoms with van der Waals surface area (Å²) < 4.78 is 0. The molecule has 0 aliphatic carbocycles. The first-order chi connectivity index (χ1) is 9.99. The minimum absolute atomic E-state index is 0.0481. The number of nitrogens with zero attached hydrogens (tertiary/aromatic N) is 1. The summed E-state index contributed by atoms with van der Waals surface area (Å²) >= 11 is 1.44. The zero-order valence-corrected chi connectivity index (χ0v) is 12.8. The second kappa shape index (κ2) is 6.74. The van der Waals surface area contributed by atoms with Crippen molar-refractivity contribution in [2.45, 2.75) is 30.6 Å². The van der Waals surface area contributed by atoms with E-state index >= 15 is 0 Å². The molecular weight excluding hydrogens is 286 g/mol. The number of aliphatic hydroxyl groups is 1. The minimum Gasteiger partial charge on any atom is -0.389 e. The van der Waals surface area contributed by atoms with E-state index in [1.807, 2.05) is 31.2 Å². The number of hydrogen-bond donors (Lipinski definition) is 1. The zero-order chi connectivity index (χ0) is 15.4. The SMILES string of the molecule is Cc1ccccc1CSc1ccc([C@H](C)O)cc1[N+](=O)[O-]. The predicted octanol–water partition coefficient (Wildman–Crippen LogP) is 4.25. The summed E-state index contributed by atoms with van der Waals surface area (Å²) in [7, 11) is 0. The van der Waals surface area contributed by atoms with E-state index in [9.17, 15) is 15.2 Å². The van der Waals surface area contributed by atoms with Gasteiger partial charge in [-0.15, -0.1) is 11.8 Å². The third kappa shape index (κ3) is 3.83. The van der Waals surface area contributed by atoms with Crippen molar-refractivity contribution >= 4 is 17.4 Å². The Labute approximate surface area is 128 Å². The molecule has 0 bridgehead atoms. The average molecular weight is 303 g/mol. The fourth-order valence-electron chi connectivity index (χ4n) is 1.99. The fourth-order valence-corrected chi connectivity index (χ4v) is 3.07. The van der Waals surface area contributed by atoms with E-state index in [1.54, 1.807) is 19.1 Å². The molecule has 0 saturated carbocycles. The topological polar surface area (TPSA) is 63.4 Å². The van der Waals surface area contributed by atoms with Crippen LogP contribution in [0.5, 0.6) is 0 Å². The zero-order valence-electron chi connectivity index (χ0n) is 11.9. The van der Waals surface area contributed by atoms with Crippen molar-refractivity contribution in [3.63, 3.8) is 0 Å². The Morgan fingerprint density at radius 3 is 2.62 bits per heavy atom. The Bertz CT molecular complexity index is 656. The van der Waals surface area contributed by atoms with Gasteiger partial charge in [-0.05, 0) is 36.6 Å². The van der Waals surface area contributed by atoms with Crippen LogP contribution in [0.3, 0.4) is 0 Å². The van der Waals surface area contributed by atoms with Crippen molar-refractivity contribution in [2.24, 2.45) is 0 Å². The lowest BCUT2D eigenvalue weighted by atomic mass is 10.1. The van der Waals surface area contributed by atoms with Gasteiger partial charge in [0.1, 0.15) is 0 Å². The quantitative estimate of drug-likeness (QED) is 0.509. The number of hydrogen-bond acceptors (Lipinski definition) is 4. The maximum absolute atomic E-state index is 11.2. The van der Waals surface area contributed by atoms with E-state index in [2.05, 4.69) is 0 Å². The molecule has 0 aliphatic heterocycles. The van der Waals surface area contributed by atoms with Gasteiger partial charge in [-0.1, -0.05) is 30.3 Å². The van der Waals surface area contributed by atoms with E-state index in [0.717, 1.165) is 5.56 Å². The highest BCUT2D eigenvalue weighted by molar-refractivity contribution is 7.98. The van der Waals surface area contributed by atoms with Crippen LogP contribution in [-0.4, -0.2) is 10.0 Å². The number of benzene rings is 2. The summed E-state index contributed by atoms with van der Waals surface area (Å²) in [5.74, 6) is 0.682. The van der Waals surface area contributed by atoms with Gasteiger partial charge in [0.25, 0.3) is 5.69 Å². The Balaban J connectivity index is 2.24. The standard InChI is InChI=1S/C16H17NO3S/c1-11-5-3-4-6-14(11)10-21-16-8-7-13(12(2)18)9-15(16)17(19)20/h3-9,12,18H,10H2,1-2H3/t12-/m0/s1. The molecule has 2 aromatic carbocycles. The van der Waals surface area contributed by atoms with Crippen LogP contribution in [0.15, 0.2) is 47.4 Å². The van der Waals surface area contributed by atoms with Gasteiger partial charge in [0.2, 0.25) is 0 Å². The highest BCUT2D eigenvalue weighted by atomic mass is 32.2. The Morgan fingerprint density at radius 2 is 2.00 bits per heavy atom. The van der Waals surface area contributed by atoms with Gasteiger partial charge in [-0.2, -0.15) is 0 Å². The fraction of sp³-hybridized carbons (Fsp3) is 0.250. The van der Waals surface area contributed by atoms with Crippen molar-refractivity contribution in [1.29, 1.82) is 0 Å². The molecule has 0 radical (unpaired) electrons. The molecule has 1 atom stereocenters. The normalized spacial score (nSPS) is 12.1. The molecule has 0 aliphatic rings. The van der Waals surface area contributed by atoms with Crippen LogP contribution < -0.4 is 0 Å². The van der Waals surface area contributed by atoms with Crippen LogP contribution in [0.25, 0.3) is 0 Å². The van der Waals surface area contributed by atoms with Crippen LogP contribution in [0.2, 0.25) is 0 Å². The van der Waals surface area contributed by atoms with Gasteiger partial charge in [-0.3, -0.25) is 10.1 Å². The summed E-state index contributed by atoms with van der Waals surface area (Å²) in [6.45, 7) is 3.63. The second-order valence-corrected chi connectivity index (χ2v) is 5.89. The van der Waals surface area contributed by atoms with Crippen molar-refractivity contribution in [1.82, 2.24) is 0 Å². The van der Waals surface area contributed by atoms with E-state index in [1.165, 1.54) is 23.4 Å². The Hall–Kier alpha value is -1.85. The van der Waals surface area contributed by atoms with Crippen LogP contribution in [0, 0.1) is 17.0 Å². The van der Waals surface area contributed by atoms with Gasteiger partial charge in [0.15, 0.2) is 0 Å². The highest BCUT2D eigenvalue weighted by Gasteiger charge is 2.17. The Kier molecular flexibility index (Phi) is 4.98. The maximum Gasteiger partial charge on any atom is 0.283 e. The van der Waals surface area contributed by atoms with Gasteiger partial charge in [0, 0.05) is 11.8 Å². The van der Waals surface area contributed by atoms with Gasteiger partial charge >= 0.3 is 0 Å². The van der Waals surface area contributed by atoms with Crippen molar-refractivity contribution in [2.75, 3.05) is 0 Å². The molecular formula is C16H17NO3S. The molecule has 0 saturated heterocycles. The predicted molar refractivity (Wildman–Crippen MR) is 84.5 cm³/mol. The minimum atomic E-state index is -0.709. The molecule has 110 valence electrons. The first-order valence-corrected chi connectivity index (χ1v) is 7.61. The van der Waals surface area contributed by atoms with Crippen molar-refractivity contribution < 1.29 is 10.0 Å². The molecule has 5 heteroatoms. The molecule has 0 fully saturated rings. The molecule has 2 rings (SSSR count). The summed E-state index contributed by atoms with van der Waals surface area (Å²) in [6, 6.07) is 12.9. The number of nitro benzene ring substituents is 1. The van der Waals surface area contributed by atoms with Gasteiger partial charge < -0.3 is 5.11 Å². The third-order valence-electron chi connectivity index (χ3n) is 3.31. The van der Waals surface area contributed by atoms with Crippen molar-refractivity contribution in [3.8, 4) is 0 Å². The van der Waals surface area contributed by atoms with E-state index in [-0.39, 0.29) is 5.69 Å². The average Bonchev–Trinajstić information content (AvgIpc) is 2.46. The van der Waals surface area contributed by atoms with Crippen LogP contribution >= 0.6 is 11.8 Å². The number of thioether (sulfide) groups is 1. The summed E-state index contributed by atoms with van der Waals surface area (Å²) in [5, 5.41) is 20.7. The third-order valence-corrected chi connectivity index (χ3v) is 4.42. The van der Waals surface area contributed by atoms with Crippen LogP contribution in [0.1, 0.15) is 29.7 Å². The van der Waals surface area contributed by atoms with Gasteiger partial charge in [0.05, 0.1) is 15.9 Å². The largest absolute Gasteiger partial charge is 0.389 e. The molecule has 0 aromatic heterocycles. The molecule has 4 nitrogen and oxygen atoms in total. The molecule has 0 unspecified atom stereocenters. The summed E-state index contributed by atoms with van der Waals surface area (Å²) in [4.78, 5) is 11.4. The monoisotopic (exact) mass is 303 g/mol. The first kappa shape index (κ1) is 15.5. The lowest BCUT2D eigenvalue weighted by Gasteiger charge is -2.09. The highest BCUT2D eigenvalue weighted by Crippen LogP contribution is 2.34. The van der Waals surface area contributed by atoms with Gasteiger partial charge in [-0.25, -0.2) is 0 Å². The van der Waals surface area contributed by atoms with E-state index in [4.69, 9.17) is 0 Å². The summed E-state index contributed by atoms with van der Waals surface area (Å²) in [5.41, 5.74) is 2.94. The molecule has 21 heavy (non-hydrogen) atoms. The van der Waals surface area contributed by atoms with E-state index in [0.29, 0.717) is 16.2 Å². The van der Waals surface area contributed by atoms with E-state index < -0.39 is 11.0 Å². The molecule has 0 amide bonds. The molecule has 2 aromatic rings. The number of rotatable bonds is 5. The summed E-state index contributed by atoms with van der Waals surface area (Å²) in [6.07, 6.45) is -0.709.